The van der Waals surface area contributed by atoms with Crippen molar-refractivity contribution in [2.75, 3.05) is 0 Å². The van der Waals surface area contributed by atoms with Crippen molar-refractivity contribution in [1.82, 2.24) is 4.98 Å². The van der Waals surface area contributed by atoms with Gasteiger partial charge in [0.05, 0.1) is 11.1 Å². The number of carbonyl (C=O) groups is 1. The summed E-state index contributed by atoms with van der Waals surface area (Å²) in [6.07, 6.45) is 1.53. The molecule has 0 saturated heterocycles. The third kappa shape index (κ3) is 1.42. The van der Waals surface area contributed by atoms with Gasteiger partial charge in [-0.3, -0.25) is 4.79 Å². The maximum absolute atomic E-state index is 10.8. The Morgan fingerprint density at radius 1 is 1.56 bits per heavy atom. The number of nitriles is 1. The molecule has 0 amide bonds. The number of nitrogens with zero attached hydrogens (tertiary/aromatic N) is 1. The first kappa shape index (κ1) is 10.2. The fourth-order valence-corrected chi connectivity index (χ4v) is 1.66. The zero-order valence-corrected chi connectivity index (χ0v) is 8.27. The zero-order valence-electron chi connectivity index (χ0n) is 8.27. The Balaban J connectivity index is 2.67. The molecule has 0 aliphatic heterocycles. The largest absolute Gasteiger partial charge is 0.480 e. The van der Waals surface area contributed by atoms with Crippen LogP contribution in [-0.4, -0.2) is 16.1 Å². The van der Waals surface area contributed by atoms with Gasteiger partial charge in [-0.15, -0.1) is 0 Å². The lowest BCUT2D eigenvalue weighted by molar-refractivity contribution is -0.138. The molecule has 0 fully saturated rings. The Bertz CT molecular complexity index is 595. The molecule has 0 spiro atoms. The molecular weight excluding hydrogens is 206 g/mol. The van der Waals surface area contributed by atoms with Crippen molar-refractivity contribution in [3.63, 3.8) is 0 Å². The van der Waals surface area contributed by atoms with E-state index in [4.69, 9.17) is 16.1 Å². The molecular formula is C11H9N3O2. The minimum absolute atomic E-state index is 0.473. The van der Waals surface area contributed by atoms with Crippen LogP contribution in [0.1, 0.15) is 17.2 Å². The molecule has 5 heteroatoms. The summed E-state index contributed by atoms with van der Waals surface area (Å²) < 4.78 is 0. The number of carboxylic acids is 1. The lowest BCUT2D eigenvalue weighted by atomic mass is 10.0. The van der Waals surface area contributed by atoms with E-state index in [-0.39, 0.29) is 0 Å². The van der Waals surface area contributed by atoms with Crippen molar-refractivity contribution < 1.29 is 9.90 Å². The van der Waals surface area contributed by atoms with Crippen LogP contribution in [0.3, 0.4) is 0 Å². The number of rotatable bonds is 2. The number of nitrogens with one attached hydrogen (secondary N) is 1. The van der Waals surface area contributed by atoms with E-state index in [9.17, 15) is 4.79 Å². The van der Waals surface area contributed by atoms with Crippen LogP contribution in [0.4, 0.5) is 0 Å². The van der Waals surface area contributed by atoms with Crippen molar-refractivity contribution in [3.05, 3.63) is 35.5 Å². The van der Waals surface area contributed by atoms with E-state index in [1.807, 2.05) is 6.07 Å². The van der Waals surface area contributed by atoms with E-state index in [1.54, 1.807) is 18.2 Å². The molecule has 2 rings (SSSR count). The summed E-state index contributed by atoms with van der Waals surface area (Å²) in [5.74, 6) is -1.09. The van der Waals surface area contributed by atoms with Crippen LogP contribution in [0.25, 0.3) is 10.9 Å². The van der Waals surface area contributed by atoms with Gasteiger partial charge in [-0.25, -0.2) is 0 Å². The van der Waals surface area contributed by atoms with Crippen LogP contribution >= 0.6 is 0 Å². The van der Waals surface area contributed by atoms with E-state index in [2.05, 4.69) is 4.98 Å². The number of fused-ring (bicyclic) bond motifs is 1. The number of hydrogen-bond acceptors (Lipinski definition) is 3. The minimum atomic E-state index is -1.09. The summed E-state index contributed by atoms with van der Waals surface area (Å²) in [6, 6.07) is 6.05. The molecule has 1 aromatic carbocycles. The summed E-state index contributed by atoms with van der Waals surface area (Å²) in [4.78, 5) is 13.7. The monoisotopic (exact) mass is 215 g/mol. The topological polar surface area (TPSA) is 103 Å². The lowest BCUT2D eigenvalue weighted by Crippen LogP contribution is -2.20. The number of benzene rings is 1. The van der Waals surface area contributed by atoms with Crippen LogP contribution in [-0.2, 0) is 4.79 Å². The fraction of sp³-hybridized carbons (Fsp3) is 0.0909. The molecule has 0 saturated carbocycles. The van der Waals surface area contributed by atoms with Crippen LogP contribution in [0.15, 0.2) is 24.4 Å². The van der Waals surface area contributed by atoms with Gasteiger partial charge < -0.3 is 15.8 Å². The molecule has 16 heavy (non-hydrogen) atoms. The summed E-state index contributed by atoms with van der Waals surface area (Å²) in [6.45, 7) is 0. The van der Waals surface area contributed by atoms with Gasteiger partial charge in [0.15, 0.2) is 0 Å². The van der Waals surface area contributed by atoms with Gasteiger partial charge in [0.2, 0.25) is 0 Å². The first-order valence-electron chi connectivity index (χ1n) is 4.63. The minimum Gasteiger partial charge on any atom is -0.480 e. The average Bonchev–Trinajstić information content (AvgIpc) is 2.71. The predicted octanol–water partition coefficient (Wildman–Crippen LogP) is 1.12. The van der Waals surface area contributed by atoms with E-state index in [1.165, 1.54) is 6.20 Å². The van der Waals surface area contributed by atoms with Gasteiger partial charge in [0.1, 0.15) is 12.1 Å². The average molecular weight is 215 g/mol. The lowest BCUT2D eigenvalue weighted by Gasteiger charge is -2.04. The van der Waals surface area contributed by atoms with Crippen LogP contribution in [0.2, 0.25) is 0 Å². The van der Waals surface area contributed by atoms with Gasteiger partial charge in [0, 0.05) is 17.1 Å². The number of aromatic amines is 1. The summed E-state index contributed by atoms with van der Waals surface area (Å²) >= 11 is 0. The second-order valence-corrected chi connectivity index (χ2v) is 3.40. The van der Waals surface area contributed by atoms with E-state index >= 15 is 0 Å². The van der Waals surface area contributed by atoms with Crippen molar-refractivity contribution in [1.29, 1.82) is 5.26 Å². The molecule has 2 aromatic rings. The number of carboxylic acid groups (broad SMARTS) is 1. The SMILES string of the molecule is N#Cc1cccc2c(C(N)C(=O)O)c[nH]c12. The van der Waals surface area contributed by atoms with E-state index in [0.29, 0.717) is 22.0 Å². The number of aromatic nitrogens is 1. The van der Waals surface area contributed by atoms with Gasteiger partial charge in [-0.2, -0.15) is 5.26 Å². The van der Waals surface area contributed by atoms with Crippen molar-refractivity contribution in [3.8, 4) is 6.07 Å². The first-order valence-corrected chi connectivity index (χ1v) is 4.63. The number of nitrogens with two attached hydrogens (primary N) is 1. The number of H-pyrrole nitrogens is 1. The highest BCUT2D eigenvalue weighted by molar-refractivity contribution is 5.91. The summed E-state index contributed by atoms with van der Waals surface area (Å²) in [5, 5.41) is 18.4. The maximum Gasteiger partial charge on any atom is 0.325 e. The molecule has 5 nitrogen and oxygen atoms in total. The molecule has 1 heterocycles. The fourth-order valence-electron chi connectivity index (χ4n) is 1.66. The molecule has 0 radical (unpaired) electrons. The van der Waals surface area contributed by atoms with Gasteiger partial charge in [-0.05, 0) is 6.07 Å². The summed E-state index contributed by atoms with van der Waals surface area (Å²) in [7, 11) is 0. The van der Waals surface area contributed by atoms with E-state index < -0.39 is 12.0 Å². The molecule has 1 unspecified atom stereocenters. The highest BCUT2D eigenvalue weighted by atomic mass is 16.4. The Kier molecular flexibility index (Phi) is 2.35. The second kappa shape index (κ2) is 3.68. The van der Waals surface area contributed by atoms with Crippen molar-refractivity contribution in [2.24, 2.45) is 5.73 Å². The quantitative estimate of drug-likeness (QED) is 0.698. The highest BCUT2D eigenvalue weighted by Gasteiger charge is 2.18. The van der Waals surface area contributed by atoms with Crippen molar-refractivity contribution in [2.45, 2.75) is 6.04 Å². The molecule has 1 atom stereocenters. The van der Waals surface area contributed by atoms with E-state index in [0.717, 1.165) is 0 Å². The molecule has 1 aromatic heterocycles. The third-order valence-corrected chi connectivity index (χ3v) is 2.47. The Morgan fingerprint density at radius 2 is 2.31 bits per heavy atom. The second-order valence-electron chi connectivity index (χ2n) is 3.40. The molecule has 0 bridgehead atoms. The Labute approximate surface area is 91.1 Å². The van der Waals surface area contributed by atoms with Gasteiger partial charge in [-0.1, -0.05) is 12.1 Å². The van der Waals surface area contributed by atoms with Crippen LogP contribution in [0.5, 0.6) is 0 Å². The number of hydrogen-bond donors (Lipinski definition) is 3. The van der Waals surface area contributed by atoms with Crippen LogP contribution < -0.4 is 5.73 Å². The smallest absolute Gasteiger partial charge is 0.325 e. The summed E-state index contributed by atoms with van der Waals surface area (Å²) in [5.41, 5.74) is 7.12. The van der Waals surface area contributed by atoms with Crippen LogP contribution in [0, 0.1) is 11.3 Å². The zero-order chi connectivity index (χ0) is 11.7. The Morgan fingerprint density at radius 3 is 2.94 bits per heavy atom. The first-order chi connectivity index (χ1) is 7.65. The highest BCUT2D eigenvalue weighted by Crippen LogP contribution is 2.25. The standard InChI is InChI=1S/C11H9N3O2/c12-4-6-2-1-3-7-8(5-14-10(6)7)9(13)11(15)16/h1-3,5,9,14H,13H2,(H,15,16). The molecule has 80 valence electrons. The normalized spacial score (nSPS) is 12.2. The molecule has 0 aliphatic carbocycles. The Hall–Kier alpha value is -2.32. The number of para-hydroxylation sites is 1. The van der Waals surface area contributed by atoms with Crippen molar-refractivity contribution >= 4 is 16.9 Å². The van der Waals surface area contributed by atoms with Gasteiger partial charge >= 0.3 is 5.97 Å². The van der Waals surface area contributed by atoms with Gasteiger partial charge in [0.25, 0.3) is 0 Å². The third-order valence-electron chi connectivity index (χ3n) is 2.47. The number of aliphatic carboxylic acids is 1. The maximum atomic E-state index is 10.8. The molecule has 0 aliphatic rings. The predicted molar refractivity (Wildman–Crippen MR) is 57.6 cm³/mol. The molecule has 4 N–H and O–H groups in total.